The Kier molecular flexibility index (Phi) is 2.98. The highest BCUT2D eigenvalue weighted by molar-refractivity contribution is 7.92. The van der Waals surface area contributed by atoms with Crippen LogP contribution in [0.3, 0.4) is 0 Å². The van der Waals surface area contributed by atoms with E-state index in [1.54, 1.807) is 0 Å². The number of nitrogens with zero attached hydrogens (tertiary/aromatic N) is 1. The molecule has 5 heteroatoms. The van der Waals surface area contributed by atoms with Crippen molar-refractivity contribution in [2.45, 2.75) is 25.8 Å². The Balaban J connectivity index is 1.78. The van der Waals surface area contributed by atoms with Crippen molar-refractivity contribution >= 4 is 22.6 Å². The van der Waals surface area contributed by atoms with Crippen molar-refractivity contribution in [2.24, 2.45) is 0 Å². The molecule has 0 bridgehead atoms. The fourth-order valence-electron chi connectivity index (χ4n) is 2.99. The number of rotatable bonds is 2. The molecule has 1 radical (unpaired) electrons. The SMILES string of the molecule is C[B]c1cccc2c1CCN(C1CS(=O)(=O)C1)C2. The van der Waals surface area contributed by atoms with E-state index in [0.717, 1.165) is 19.5 Å². The van der Waals surface area contributed by atoms with Crippen molar-refractivity contribution in [3.8, 4) is 0 Å². The summed E-state index contributed by atoms with van der Waals surface area (Å²) in [4.78, 5) is 2.32. The first-order valence-electron chi connectivity index (χ1n) is 6.43. The van der Waals surface area contributed by atoms with E-state index in [-0.39, 0.29) is 6.04 Å². The third-order valence-electron chi connectivity index (χ3n) is 4.05. The van der Waals surface area contributed by atoms with E-state index in [9.17, 15) is 8.42 Å². The quantitative estimate of drug-likeness (QED) is 0.715. The van der Waals surface area contributed by atoms with E-state index in [1.807, 2.05) is 0 Å². The third-order valence-corrected chi connectivity index (χ3v) is 5.84. The Morgan fingerprint density at radius 2 is 2.11 bits per heavy atom. The van der Waals surface area contributed by atoms with Gasteiger partial charge < -0.3 is 0 Å². The summed E-state index contributed by atoms with van der Waals surface area (Å²) in [6, 6.07) is 6.66. The first-order valence-corrected chi connectivity index (χ1v) is 8.26. The fraction of sp³-hybridized carbons (Fsp3) is 0.538. The minimum atomic E-state index is -2.72. The van der Waals surface area contributed by atoms with Crippen molar-refractivity contribution in [1.82, 2.24) is 4.90 Å². The number of hydrogen-bond acceptors (Lipinski definition) is 3. The maximum atomic E-state index is 11.3. The molecule has 2 aliphatic heterocycles. The monoisotopic (exact) mass is 262 g/mol. The summed E-state index contributed by atoms with van der Waals surface area (Å²) in [5, 5.41) is 0. The Hall–Kier alpha value is -0.805. The first-order chi connectivity index (χ1) is 8.59. The van der Waals surface area contributed by atoms with E-state index in [1.165, 1.54) is 16.6 Å². The van der Waals surface area contributed by atoms with E-state index in [4.69, 9.17) is 0 Å². The van der Waals surface area contributed by atoms with Crippen molar-refractivity contribution in [3.63, 3.8) is 0 Å². The average molecular weight is 262 g/mol. The van der Waals surface area contributed by atoms with Gasteiger partial charge in [0.15, 0.2) is 9.84 Å². The zero-order valence-electron chi connectivity index (χ0n) is 10.6. The molecule has 0 unspecified atom stereocenters. The highest BCUT2D eigenvalue weighted by Crippen LogP contribution is 2.24. The highest BCUT2D eigenvalue weighted by atomic mass is 32.2. The molecule has 0 N–H and O–H groups in total. The molecule has 1 fully saturated rings. The number of hydrogen-bond donors (Lipinski definition) is 0. The maximum absolute atomic E-state index is 11.3. The predicted molar refractivity (Wildman–Crippen MR) is 74.2 cm³/mol. The normalized spacial score (nSPS) is 23.2. The van der Waals surface area contributed by atoms with Crippen LogP contribution in [-0.4, -0.2) is 44.7 Å². The minimum Gasteiger partial charge on any atom is -0.294 e. The Morgan fingerprint density at radius 1 is 1.33 bits per heavy atom. The molecule has 0 amide bonds. The van der Waals surface area contributed by atoms with Crippen molar-refractivity contribution in [1.29, 1.82) is 0 Å². The molecule has 1 aromatic carbocycles. The molecule has 0 saturated carbocycles. The molecule has 95 valence electrons. The second-order valence-corrected chi connectivity index (χ2v) is 7.38. The minimum absolute atomic E-state index is 0.248. The standard InChI is InChI=1S/C13H17BNO2S/c1-14-13-4-2-3-10-7-15(6-5-12(10)13)11-8-18(16,17)9-11/h2-4,11H,5-9H2,1H3. The molecule has 0 aromatic heterocycles. The fourth-order valence-corrected chi connectivity index (χ4v) is 4.49. The largest absolute Gasteiger partial charge is 0.294 e. The van der Waals surface area contributed by atoms with Crippen LogP contribution in [0.2, 0.25) is 6.82 Å². The summed E-state index contributed by atoms with van der Waals surface area (Å²) in [5.41, 5.74) is 4.13. The number of benzene rings is 1. The van der Waals surface area contributed by atoms with Gasteiger partial charge in [0.2, 0.25) is 0 Å². The summed E-state index contributed by atoms with van der Waals surface area (Å²) >= 11 is 0. The molecule has 1 aromatic rings. The molecule has 18 heavy (non-hydrogen) atoms. The molecule has 3 rings (SSSR count). The van der Waals surface area contributed by atoms with Gasteiger partial charge in [-0.05, 0) is 17.5 Å². The van der Waals surface area contributed by atoms with Gasteiger partial charge in [-0.3, -0.25) is 4.90 Å². The van der Waals surface area contributed by atoms with Gasteiger partial charge in [0, 0.05) is 19.1 Å². The molecule has 0 spiro atoms. The van der Waals surface area contributed by atoms with Crippen LogP contribution in [0.1, 0.15) is 11.1 Å². The van der Waals surface area contributed by atoms with Gasteiger partial charge in [-0.2, -0.15) is 0 Å². The lowest BCUT2D eigenvalue weighted by Crippen LogP contribution is -2.54. The van der Waals surface area contributed by atoms with Crippen LogP contribution in [0.25, 0.3) is 0 Å². The zero-order chi connectivity index (χ0) is 12.8. The predicted octanol–water partition coefficient (Wildman–Crippen LogP) is 0.219. The zero-order valence-corrected chi connectivity index (χ0v) is 11.4. The van der Waals surface area contributed by atoms with Crippen LogP contribution in [0.4, 0.5) is 0 Å². The first kappa shape index (κ1) is 12.2. The van der Waals surface area contributed by atoms with Gasteiger partial charge in [-0.25, -0.2) is 8.42 Å². The molecular formula is C13H17BNO2S. The summed E-state index contributed by atoms with van der Waals surface area (Å²) in [6.07, 6.45) is 1.03. The summed E-state index contributed by atoms with van der Waals surface area (Å²) in [6.45, 7) is 3.95. The van der Waals surface area contributed by atoms with Crippen LogP contribution < -0.4 is 5.46 Å². The van der Waals surface area contributed by atoms with Crippen LogP contribution >= 0.6 is 0 Å². The second kappa shape index (κ2) is 4.39. The van der Waals surface area contributed by atoms with Crippen molar-refractivity contribution in [2.75, 3.05) is 18.1 Å². The van der Waals surface area contributed by atoms with Gasteiger partial charge >= 0.3 is 0 Å². The van der Waals surface area contributed by atoms with Crippen molar-refractivity contribution < 1.29 is 8.42 Å². The molecule has 3 nitrogen and oxygen atoms in total. The van der Waals surface area contributed by atoms with E-state index < -0.39 is 9.84 Å². The van der Waals surface area contributed by atoms with Gasteiger partial charge in [-0.15, -0.1) is 0 Å². The average Bonchev–Trinajstić information content (AvgIpc) is 2.34. The Morgan fingerprint density at radius 3 is 2.78 bits per heavy atom. The van der Waals surface area contributed by atoms with Crippen molar-refractivity contribution in [3.05, 3.63) is 29.3 Å². The summed E-state index contributed by atoms with van der Waals surface area (Å²) in [5.74, 6) is 0.698. The summed E-state index contributed by atoms with van der Waals surface area (Å²) in [7, 11) is -0.563. The maximum Gasteiger partial charge on any atom is 0.153 e. The third kappa shape index (κ3) is 2.10. The van der Waals surface area contributed by atoms with Gasteiger partial charge in [0.05, 0.1) is 11.5 Å². The van der Waals surface area contributed by atoms with Gasteiger partial charge in [-0.1, -0.05) is 30.5 Å². The Labute approximate surface area is 109 Å². The smallest absolute Gasteiger partial charge is 0.153 e. The van der Waals surface area contributed by atoms with Crippen LogP contribution in [0.15, 0.2) is 18.2 Å². The van der Waals surface area contributed by atoms with E-state index in [2.05, 4.69) is 37.2 Å². The van der Waals surface area contributed by atoms with E-state index in [0.29, 0.717) is 11.5 Å². The molecule has 2 aliphatic rings. The molecule has 1 saturated heterocycles. The van der Waals surface area contributed by atoms with E-state index >= 15 is 0 Å². The van der Waals surface area contributed by atoms with Crippen LogP contribution in [0, 0.1) is 0 Å². The van der Waals surface area contributed by atoms with Gasteiger partial charge in [0.25, 0.3) is 0 Å². The number of sulfone groups is 1. The molecule has 2 heterocycles. The lowest BCUT2D eigenvalue weighted by atomic mass is 9.69. The van der Waals surface area contributed by atoms with Crippen LogP contribution in [-0.2, 0) is 22.8 Å². The molecule has 0 atom stereocenters. The Bertz CT molecular complexity index is 558. The van der Waals surface area contributed by atoms with Crippen LogP contribution in [0.5, 0.6) is 0 Å². The highest BCUT2D eigenvalue weighted by Gasteiger charge is 2.38. The lowest BCUT2D eigenvalue weighted by Gasteiger charge is -2.40. The second-order valence-electron chi connectivity index (χ2n) is 5.22. The number of fused-ring (bicyclic) bond motifs is 1. The lowest BCUT2D eigenvalue weighted by molar-refractivity contribution is 0.196. The summed E-state index contributed by atoms with van der Waals surface area (Å²) < 4.78 is 22.5. The molecule has 0 aliphatic carbocycles. The van der Waals surface area contributed by atoms with Gasteiger partial charge in [0.1, 0.15) is 7.28 Å². The molecular weight excluding hydrogens is 245 g/mol. The topological polar surface area (TPSA) is 37.4 Å².